The number of ketones is 1. The van der Waals surface area contributed by atoms with Gasteiger partial charge in [0.25, 0.3) is 6.43 Å². The van der Waals surface area contributed by atoms with Gasteiger partial charge in [-0.2, -0.15) is 14.0 Å². The molecule has 0 fully saturated rings. The molecule has 3 nitrogen and oxygen atoms in total. The second kappa shape index (κ2) is 5.49. The number of hydrogen-bond acceptors (Lipinski definition) is 3. The predicted octanol–water partition coefficient (Wildman–Crippen LogP) is 3.30. The number of alkyl halides is 4. The highest BCUT2D eigenvalue weighted by atomic mass is 19.3. The summed E-state index contributed by atoms with van der Waals surface area (Å²) < 4.78 is 53.3. The minimum absolute atomic E-state index is 0.420. The Kier molecular flexibility index (Phi) is 4.26. The molecule has 0 N–H and O–H groups in total. The molecule has 0 saturated carbocycles. The van der Waals surface area contributed by atoms with Crippen molar-refractivity contribution >= 4 is 5.78 Å². The van der Waals surface area contributed by atoms with Gasteiger partial charge in [-0.05, 0) is 19.1 Å². The van der Waals surface area contributed by atoms with Gasteiger partial charge < -0.3 is 4.74 Å². The normalized spacial score (nSPS) is 10.6. The summed E-state index contributed by atoms with van der Waals surface area (Å²) in [6, 6.07) is 2.92. The Morgan fingerprint density at radius 1 is 1.33 bits per heavy atom. The van der Waals surface area contributed by atoms with Crippen LogP contribution in [-0.4, -0.2) is 12.4 Å². The third kappa shape index (κ3) is 2.97. The maximum absolute atomic E-state index is 12.5. The fraction of sp³-hybridized carbons (Fsp3) is 0.273. The first kappa shape index (κ1) is 14.0. The average molecular weight is 261 g/mol. The molecule has 0 heterocycles. The van der Waals surface area contributed by atoms with Crippen molar-refractivity contribution < 1.29 is 27.1 Å². The molecule has 96 valence electrons. The Balaban J connectivity index is 3.47. The summed E-state index contributed by atoms with van der Waals surface area (Å²) in [5.74, 6) is -1.44. The SMILES string of the molecule is CC(=O)c1c(C#N)cc(C(F)F)cc1OC(F)F. The van der Waals surface area contributed by atoms with E-state index in [2.05, 4.69) is 4.74 Å². The molecule has 0 saturated heterocycles. The summed E-state index contributed by atoms with van der Waals surface area (Å²) >= 11 is 0. The van der Waals surface area contributed by atoms with E-state index in [1.807, 2.05) is 0 Å². The van der Waals surface area contributed by atoms with Crippen LogP contribution < -0.4 is 4.74 Å². The summed E-state index contributed by atoms with van der Waals surface area (Å²) in [6.45, 7) is -2.25. The molecule has 1 aromatic carbocycles. The minimum atomic E-state index is -3.28. The largest absolute Gasteiger partial charge is 0.434 e. The van der Waals surface area contributed by atoms with Crippen LogP contribution in [0.1, 0.15) is 34.8 Å². The van der Waals surface area contributed by atoms with Crippen LogP contribution in [0.5, 0.6) is 5.75 Å². The summed E-state index contributed by atoms with van der Waals surface area (Å²) in [6.07, 6.45) is -2.96. The zero-order valence-electron chi connectivity index (χ0n) is 9.08. The monoisotopic (exact) mass is 261 g/mol. The van der Waals surface area contributed by atoms with Gasteiger partial charge in [-0.1, -0.05) is 0 Å². The van der Waals surface area contributed by atoms with Crippen molar-refractivity contribution in [2.24, 2.45) is 0 Å². The second-order valence-corrected chi connectivity index (χ2v) is 3.29. The van der Waals surface area contributed by atoms with Crippen molar-refractivity contribution in [3.05, 3.63) is 28.8 Å². The van der Waals surface area contributed by atoms with Gasteiger partial charge in [0.05, 0.1) is 11.1 Å². The van der Waals surface area contributed by atoms with E-state index in [9.17, 15) is 22.4 Å². The first-order chi connectivity index (χ1) is 8.36. The number of carbonyl (C=O) groups is 1. The van der Waals surface area contributed by atoms with Crippen LogP contribution in [0.25, 0.3) is 0 Å². The van der Waals surface area contributed by atoms with Crippen molar-refractivity contribution in [2.75, 3.05) is 0 Å². The van der Waals surface area contributed by atoms with Crippen molar-refractivity contribution in [3.8, 4) is 11.8 Å². The predicted molar refractivity (Wildman–Crippen MR) is 52.8 cm³/mol. The molecule has 18 heavy (non-hydrogen) atoms. The van der Waals surface area contributed by atoms with E-state index in [0.717, 1.165) is 13.0 Å². The molecule has 0 spiro atoms. The van der Waals surface area contributed by atoms with Gasteiger partial charge in [0.1, 0.15) is 11.8 Å². The topological polar surface area (TPSA) is 50.1 Å². The molecule has 7 heteroatoms. The zero-order valence-corrected chi connectivity index (χ0v) is 9.08. The molecule has 0 atom stereocenters. The first-order valence-electron chi connectivity index (χ1n) is 4.68. The molecular weight excluding hydrogens is 254 g/mol. The van der Waals surface area contributed by atoms with Crippen LogP contribution in [0.15, 0.2) is 12.1 Å². The molecular formula is C11H7F4NO2. The number of carbonyl (C=O) groups excluding carboxylic acids is 1. The maximum atomic E-state index is 12.5. The number of nitrogens with zero attached hydrogens (tertiary/aromatic N) is 1. The number of nitriles is 1. The molecule has 0 aliphatic heterocycles. The lowest BCUT2D eigenvalue weighted by atomic mass is 10.0. The van der Waals surface area contributed by atoms with E-state index in [4.69, 9.17) is 5.26 Å². The Morgan fingerprint density at radius 2 is 1.94 bits per heavy atom. The molecule has 1 aromatic rings. The number of hydrogen-bond donors (Lipinski definition) is 0. The summed E-state index contributed by atoms with van der Waals surface area (Å²) in [5.41, 5.74) is -1.51. The van der Waals surface area contributed by atoms with Crippen LogP contribution in [0.3, 0.4) is 0 Å². The lowest BCUT2D eigenvalue weighted by Crippen LogP contribution is -2.09. The minimum Gasteiger partial charge on any atom is -0.434 e. The Labute approximate surface area is 99.6 Å². The molecule has 0 aromatic heterocycles. The van der Waals surface area contributed by atoms with Crippen LogP contribution in [-0.2, 0) is 0 Å². The van der Waals surface area contributed by atoms with E-state index >= 15 is 0 Å². The van der Waals surface area contributed by atoms with Crippen LogP contribution in [0.4, 0.5) is 17.6 Å². The van der Waals surface area contributed by atoms with Crippen molar-refractivity contribution in [3.63, 3.8) is 0 Å². The van der Waals surface area contributed by atoms with Crippen LogP contribution >= 0.6 is 0 Å². The molecule has 0 bridgehead atoms. The van der Waals surface area contributed by atoms with Gasteiger partial charge in [0, 0.05) is 5.56 Å². The fourth-order valence-electron chi connectivity index (χ4n) is 1.40. The molecule has 0 amide bonds. The summed E-state index contributed by atoms with van der Waals surface area (Å²) in [4.78, 5) is 11.2. The van der Waals surface area contributed by atoms with Crippen molar-refractivity contribution in [2.45, 2.75) is 20.0 Å². The average Bonchev–Trinajstić information content (AvgIpc) is 2.26. The third-order valence-corrected chi connectivity index (χ3v) is 2.07. The summed E-state index contributed by atoms with van der Waals surface area (Å²) in [7, 11) is 0. The molecule has 0 radical (unpaired) electrons. The number of benzene rings is 1. The van der Waals surface area contributed by atoms with Crippen LogP contribution in [0, 0.1) is 11.3 Å². The zero-order chi connectivity index (χ0) is 13.9. The Bertz CT molecular complexity index is 509. The lowest BCUT2D eigenvalue weighted by molar-refractivity contribution is -0.0503. The van der Waals surface area contributed by atoms with Gasteiger partial charge in [-0.15, -0.1) is 0 Å². The van der Waals surface area contributed by atoms with E-state index in [0.29, 0.717) is 6.07 Å². The Hall–Kier alpha value is -2.10. The third-order valence-electron chi connectivity index (χ3n) is 2.07. The molecule has 0 unspecified atom stereocenters. The second-order valence-electron chi connectivity index (χ2n) is 3.29. The maximum Gasteiger partial charge on any atom is 0.387 e. The smallest absolute Gasteiger partial charge is 0.387 e. The molecule has 0 aliphatic carbocycles. The lowest BCUT2D eigenvalue weighted by Gasteiger charge is -2.12. The van der Waals surface area contributed by atoms with Gasteiger partial charge >= 0.3 is 6.61 Å². The molecule has 1 rings (SSSR count). The van der Waals surface area contributed by atoms with E-state index in [-0.39, 0.29) is 0 Å². The van der Waals surface area contributed by atoms with Crippen LogP contribution in [0.2, 0.25) is 0 Å². The molecule has 0 aliphatic rings. The van der Waals surface area contributed by atoms with Crippen molar-refractivity contribution in [1.82, 2.24) is 0 Å². The van der Waals surface area contributed by atoms with Gasteiger partial charge in [-0.3, -0.25) is 4.79 Å². The number of ether oxygens (including phenoxy) is 1. The van der Waals surface area contributed by atoms with Gasteiger partial charge in [0.15, 0.2) is 5.78 Å². The number of halogens is 4. The van der Waals surface area contributed by atoms with E-state index < -0.39 is 41.3 Å². The first-order valence-corrected chi connectivity index (χ1v) is 4.68. The van der Waals surface area contributed by atoms with Gasteiger partial charge in [0.2, 0.25) is 0 Å². The highest BCUT2D eigenvalue weighted by molar-refractivity contribution is 5.99. The number of rotatable bonds is 4. The highest BCUT2D eigenvalue weighted by Crippen LogP contribution is 2.31. The number of Topliss-reactive ketones (excluding diaryl/α,β-unsaturated/α-hetero) is 1. The standard InChI is InChI=1S/C11H7F4NO2/c1-5(17)9-7(4-16)2-6(10(12)13)3-8(9)18-11(14)15/h2-3,10-11H,1H3. The quantitative estimate of drug-likeness (QED) is 0.617. The summed E-state index contributed by atoms with van der Waals surface area (Å²) in [5, 5.41) is 8.74. The van der Waals surface area contributed by atoms with Gasteiger partial charge in [-0.25, -0.2) is 8.78 Å². The van der Waals surface area contributed by atoms with E-state index in [1.165, 1.54) is 6.07 Å². The van der Waals surface area contributed by atoms with Crippen molar-refractivity contribution in [1.29, 1.82) is 5.26 Å². The fourth-order valence-corrected chi connectivity index (χ4v) is 1.40. The van der Waals surface area contributed by atoms with E-state index in [1.54, 1.807) is 0 Å². The Morgan fingerprint density at radius 3 is 2.33 bits per heavy atom. The highest BCUT2D eigenvalue weighted by Gasteiger charge is 2.21.